The molecule has 2 unspecified atom stereocenters. The molecular weight excluding hydrogens is 468 g/mol. The van der Waals surface area contributed by atoms with Gasteiger partial charge in [0.2, 0.25) is 11.8 Å². The maximum atomic E-state index is 13.3. The molecule has 2 heterocycles. The molecule has 1 saturated heterocycles. The van der Waals surface area contributed by atoms with E-state index in [9.17, 15) is 14.4 Å². The van der Waals surface area contributed by atoms with E-state index in [4.69, 9.17) is 4.74 Å². The Labute approximate surface area is 220 Å². The summed E-state index contributed by atoms with van der Waals surface area (Å²) < 4.78 is 5.22. The van der Waals surface area contributed by atoms with Crippen molar-refractivity contribution in [2.75, 3.05) is 13.1 Å². The highest BCUT2D eigenvalue weighted by atomic mass is 16.6. The number of nitrogens with one attached hydrogen (secondary N) is 2. The zero-order valence-electron chi connectivity index (χ0n) is 22.2. The van der Waals surface area contributed by atoms with Crippen LogP contribution in [0.5, 0.6) is 0 Å². The second-order valence-corrected chi connectivity index (χ2v) is 10.5. The molecule has 37 heavy (non-hydrogen) atoms. The van der Waals surface area contributed by atoms with Crippen molar-refractivity contribution < 1.29 is 19.1 Å². The van der Waals surface area contributed by atoms with Gasteiger partial charge in [0.25, 0.3) is 0 Å². The van der Waals surface area contributed by atoms with Gasteiger partial charge in [-0.1, -0.05) is 42.8 Å². The molecule has 1 aliphatic heterocycles. The maximum Gasteiger partial charge on any atom is 0.407 e. The molecule has 1 aromatic heterocycles. The number of hydrogen-bond acceptors (Lipinski definition) is 5. The SMILES string of the molecule is CC(C)(C)OC(=O)NCCCCCC(=O)N1CCCC1C(=O)NC(Cc1ccccn1)c1ccccc1. The Hall–Kier alpha value is -3.42. The van der Waals surface area contributed by atoms with Crippen LogP contribution in [0.1, 0.15) is 76.6 Å². The largest absolute Gasteiger partial charge is 0.444 e. The molecule has 3 amide bonds. The summed E-state index contributed by atoms with van der Waals surface area (Å²) in [7, 11) is 0. The summed E-state index contributed by atoms with van der Waals surface area (Å²) in [5.41, 5.74) is 1.39. The number of aromatic nitrogens is 1. The van der Waals surface area contributed by atoms with Gasteiger partial charge in [-0.15, -0.1) is 0 Å². The highest BCUT2D eigenvalue weighted by Crippen LogP contribution is 2.23. The fraction of sp³-hybridized carbons (Fsp3) is 0.517. The molecule has 0 spiro atoms. The molecule has 8 heteroatoms. The number of likely N-dealkylation sites (tertiary alicyclic amines) is 1. The molecule has 200 valence electrons. The molecule has 0 bridgehead atoms. The van der Waals surface area contributed by atoms with Gasteiger partial charge in [-0.2, -0.15) is 0 Å². The quantitative estimate of drug-likeness (QED) is 0.434. The first kappa shape index (κ1) is 28.2. The Balaban J connectivity index is 1.48. The van der Waals surface area contributed by atoms with Crippen molar-refractivity contribution in [2.45, 2.75) is 83.4 Å². The number of hydrogen-bond donors (Lipinski definition) is 2. The lowest BCUT2D eigenvalue weighted by molar-refractivity contribution is -0.138. The van der Waals surface area contributed by atoms with Gasteiger partial charge < -0.3 is 20.3 Å². The van der Waals surface area contributed by atoms with Crippen molar-refractivity contribution in [1.82, 2.24) is 20.5 Å². The van der Waals surface area contributed by atoms with E-state index in [0.29, 0.717) is 38.8 Å². The smallest absolute Gasteiger partial charge is 0.407 e. The van der Waals surface area contributed by atoms with Crippen molar-refractivity contribution in [1.29, 1.82) is 0 Å². The first-order chi connectivity index (χ1) is 17.7. The molecular formula is C29H40N4O4. The first-order valence-corrected chi connectivity index (χ1v) is 13.2. The number of benzene rings is 1. The lowest BCUT2D eigenvalue weighted by Gasteiger charge is -2.27. The highest BCUT2D eigenvalue weighted by Gasteiger charge is 2.34. The molecule has 3 rings (SSSR count). The topological polar surface area (TPSA) is 101 Å². The van der Waals surface area contributed by atoms with Crippen LogP contribution in [0, 0.1) is 0 Å². The Kier molecular flexibility index (Phi) is 10.5. The second kappa shape index (κ2) is 13.8. The van der Waals surface area contributed by atoms with Crippen LogP contribution in [0.4, 0.5) is 4.79 Å². The third-order valence-corrected chi connectivity index (χ3v) is 6.27. The van der Waals surface area contributed by atoms with Crippen molar-refractivity contribution in [3.8, 4) is 0 Å². The van der Waals surface area contributed by atoms with Gasteiger partial charge in [0.1, 0.15) is 11.6 Å². The van der Waals surface area contributed by atoms with Crippen LogP contribution in [-0.2, 0) is 20.7 Å². The van der Waals surface area contributed by atoms with Crippen molar-refractivity contribution in [3.63, 3.8) is 0 Å². The Bertz CT molecular complexity index is 1010. The minimum atomic E-state index is -0.519. The molecule has 0 aliphatic carbocycles. The fourth-order valence-corrected chi connectivity index (χ4v) is 4.50. The van der Waals surface area contributed by atoms with Gasteiger partial charge in [0, 0.05) is 37.8 Å². The minimum absolute atomic E-state index is 0.0127. The number of rotatable bonds is 11. The number of alkyl carbamates (subject to hydrolysis) is 1. The van der Waals surface area contributed by atoms with Crippen LogP contribution in [0.3, 0.4) is 0 Å². The summed E-state index contributed by atoms with van der Waals surface area (Å²) in [6.07, 6.45) is 6.08. The zero-order valence-corrected chi connectivity index (χ0v) is 22.2. The Morgan fingerprint density at radius 2 is 1.81 bits per heavy atom. The summed E-state index contributed by atoms with van der Waals surface area (Å²) in [5, 5.41) is 5.93. The number of pyridine rings is 1. The van der Waals surface area contributed by atoms with E-state index < -0.39 is 17.7 Å². The number of ether oxygens (including phenoxy) is 1. The van der Waals surface area contributed by atoms with Crippen molar-refractivity contribution in [3.05, 3.63) is 66.0 Å². The van der Waals surface area contributed by atoms with E-state index in [-0.39, 0.29) is 17.9 Å². The van der Waals surface area contributed by atoms with Crippen LogP contribution in [0.25, 0.3) is 0 Å². The summed E-state index contributed by atoms with van der Waals surface area (Å²) in [4.78, 5) is 44.2. The molecule has 1 fully saturated rings. The standard InChI is InChI=1S/C29H40N4O4/c1-29(2,3)37-28(36)31-19-10-5-8-17-26(34)33-20-12-16-25(33)27(35)32-24(22-13-6-4-7-14-22)21-23-15-9-11-18-30-23/h4,6-7,9,11,13-15,18,24-25H,5,8,10,12,16-17,19-21H2,1-3H3,(H,31,36)(H,32,35). The molecule has 1 aliphatic rings. The Morgan fingerprint density at radius 1 is 1.05 bits per heavy atom. The summed E-state index contributed by atoms with van der Waals surface area (Å²) >= 11 is 0. The summed E-state index contributed by atoms with van der Waals surface area (Å²) in [6.45, 7) is 6.59. The lowest BCUT2D eigenvalue weighted by atomic mass is 10.0. The summed E-state index contributed by atoms with van der Waals surface area (Å²) in [5.74, 6) is -0.101. The molecule has 0 radical (unpaired) electrons. The minimum Gasteiger partial charge on any atom is -0.444 e. The van der Waals surface area contributed by atoms with Gasteiger partial charge in [-0.3, -0.25) is 14.6 Å². The molecule has 2 aromatic rings. The van der Waals surface area contributed by atoms with Gasteiger partial charge in [0.05, 0.1) is 6.04 Å². The molecule has 2 N–H and O–H groups in total. The molecule has 8 nitrogen and oxygen atoms in total. The van der Waals surface area contributed by atoms with Gasteiger partial charge in [-0.25, -0.2) is 4.79 Å². The number of carbonyl (C=O) groups is 3. The molecule has 0 saturated carbocycles. The molecule has 1 aromatic carbocycles. The van der Waals surface area contributed by atoms with Crippen LogP contribution in [-0.4, -0.2) is 52.5 Å². The lowest BCUT2D eigenvalue weighted by Crippen LogP contribution is -2.47. The zero-order chi connectivity index (χ0) is 26.7. The summed E-state index contributed by atoms with van der Waals surface area (Å²) in [6, 6.07) is 15.0. The maximum absolute atomic E-state index is 13.3. The predicted octanol–water partition coefficient (Wildman–Crippen LogP) is 4.56. The average molecular weight is 509 g/mol. The van der Waals surface area contributed by atoms with Crippen molar-refractivity contribution >= 4 is 17.9 Å². The second-order valence-electron chi connectivity index (χ2n) is 10.5. The van der Waals surface area contributed by atoms with E-state index in [2.05, 4.69) is 15.6 Å². The van der Waals surface area contributed by atoms with E-state index in [1.807, 2.05) is 69.3 Å². The normalized spacial score (nSPS) is 16.2. The number of carbonyl (C=O) groups excluding carboxylic acids is 3. The van der Waals surface area contributed by atoms with Crippen molar-refractivity contribution in [2.24, 2.45) is 0 Å². The highest BCUT2D eigenvalue weighted by molar-refractivity contribution is 5.88. The van der Waals surface area contributed by atoms with Crippen LogP contribution in [0.15, 0.2) is 54.7 Å². The average Bonchev–Trinajstić information content (AvgIpc) is 3.36. The van der Waals surface area contributed by atoms with Gasteiger partial charge >= 0.3 is 6.09 Å². The Morgan fingerprint density at radius 3 is 2.51 bits per heavy atom. The van der Waals surface area contributed by atoms with Crippen LogP contribution in [0.2, 0.25) is 0 Å². The van der Waals surface area contributed by atoms with Gasteiger partial charge in [-0.05, 0) is 64.2 Å². The number of unbranched alkanes of at least 4 members (excludes halogenated alkanes) is 2. The van der Waals surface area contributed by atoms with E-state index in [0.717, 1.165) is 30.5 Å². The van der Waals surface area contributed by atoms with E-state index in [1.165, 1.54) is 0 Å². The number of nitrogens with zero attached hydrogens (tertiary/aromatic N) is 2. The monoisotopic (exact) mass is 508 g/mol. The van der Waals surface area contributed by atoms with Crippen LogP contribution >= 0.6 is 0 Å². The third-order valence-electron chi connectivity index (χ3n) is 6.27. The van der Waals surface area contributed by atoms with E-state index in [1.54, 1.807) is 11.1 Å². The van der Waals surface area contributed by atoms with E-state index >= 15 is 0 Å². The predicted molar refractivity (Wildman–Crippen MR) is 143 cm³/mol. The third kappa shape index (κ3) is 9.52. The number of amides is 3. The first-order valence-electron chi connectivity index (χ1n) is 13.2. The fourth-order valence-electron chi connectivity index (χ4n) is 4.50. The van der Waals surface area contributed by atoms with Crippen LogP contribution < -0.4 is 10.6 Å². The van der Waals surface area contributed by atoms with Gasteiger partial charge in [0.15, 0.2) is 0 Å². The molecule has 2 atom stereocenters.